The van der Waals surface area contributed by atoms with Gasteiger partial charge >= 0.3 is 0 Å². The summed E-state index contributed by atoms with van der Waals surface area (Å²) in [4.78, 5) is 4.27. The molecule has 2 rings (SSSR count). The van der Waals surface area contributed by atoms with E-state index in [9.17, 15) is 0 Å². The second kappa shape index (κ2) is 4.69. The van der Waals surface area contributed by atoms with Crippen LogP contribution in [0.3, 0.4) is 0 Å². The minimum Gasteiger partial charge on any atom is -0.256 e. The van der Waals surface area contributed by atoms with Crippen molar-refractivity contribution in [2.75, 3.05) is 5.75 Å². The van der Waals surface area contributed by atoms with Gasteiger partial charge in [-0.05, 0) is 23.8 Å². The van der Waals surface area contributed by atoms with Crippen LogP contribution in [0.1, 0.15) is 5.56 Å². The highest BCUT2D eigenvalue weighted by Gasteiger charge is 1.99. The number of fused-ring (bicyclic) bond motifs is 1. The lowest BCUT2D eigenvalue weighted by molar-refractivity contribution is 1.40. The number of aromatic nitrogens is 1. The molecule has 0 amide bonds. The van der Waals surface area contributed by atoms with Gasteiger partial charge in [0.2, 0.25) is 0 Å². The van der Waals surface area contributed by atoms with Crippen LogP contribution in [-0.4, -0.2) is 10.7 Å². The summed E-state index contributed by atoms with van der Waals surface area (Å²) >= 11 is 10.0. The van der Waals surface area contributed by atoms with Gasteiger partial charge in [0.05, 0.1) is 5.52 Å². The normalized spacial score (nSPS) is 11.3. The van der Waals surface area contributed by atoms with Crippen molar-refractivity contribution in [2.24, 2.45) is 0 Å². The van der Waals surface area contributed by atoms with Crippen molar-refractivity contribution in [1.82, 2.24) is 4.98 Å². The van der Waals surface area contributed by atoms with Gasteiger partial charge < -0.3 is 0 Å². The van der Waals surface area contributed by atoms with Crippen molar-refractivity contribution in [1.29, 1.82) is 0 Å². The lowest BCUT2D eigenvalue weighted by atomic mass is 10.1. The van der Waals surface area contributed by atoms with Crippen LogP contribution in [0.5, 0.6) is 0 Å². The highest BCUT2D eigenvalue weighted by Crippen LogP contribution is 2.21. The van der Waals surface area contributed by atoms with E-state index in [-0.39, 0.29) is 0 Å². The van der Waals surface area contributed by atoms with E-state index in [2.05, 4.69) is 17.6 Å². The number of halogens is 1. The summed E-state index contributed by atoms with van der Waals surface area (Å²) in [5, 5.41) is 1.82. The Balaban J connectivity index is 2.60. The van der Waals surface area contributed by atoms with Crippen LogP contribution in [0.25, 0.3) is 17.0 Å². The first-order valence-electron chi connectivity index (χ1n) is 4.63. The predicted octanol–water partition coefficient (Wildman–Crippen LogP) is 3.83. The average molecular weight is 236 g/mol. The molecule has 0 fully saturated rings. The zero-order valence-corrected chi connectivity index (χ0v) is 9.67. The molecule has 0 bridgehead atoms. The minimum atomic E-state index is 0.713. The number of rotatable bonds is 2. The van der Waals surface area contributed by atoms with Crippen LogP contribution < -0.4 is 0 Å². The number of thiol groups is 1. The monoisotopic (exact) mass is 235 g/mol. The van der Waals surface area contributed by atoms with Gasteiger partial charge in [-0.2, -0.15) is 12.6 Å². The highest BCUT2D eigenvalue weighted by molar-refractivity contribution is 7.80. The number of hydrogen-bond donors (Lipinski definition) is 1. The van der Waals surface area contributed by atoms with Crippen LogP contribution in [0.15, 0.2) is 36.5 Å². The molecule has 76 valence electrons. The summed E-state index contributed by atoms with van der Waals surface area (Å²) in [6.45, 7) is 0. The molecule has 15 heavy (non-hydrogen) atoms. The summed E-state index contributed by atoms with van der Waals surface area (Å²) < 4.78 is 0. The maximum absolute atomic E-state index is 5.91. The van der Waals surface area contributed by atoms with Crippen molar-refractivity contribution in [3.63, 3.8) is 0 Å². The zero-order valence-electron chi connectivity index (χ0n) is 8.02. The summed E-state index contributed by atoms with van der Waals surface area (Å²) in [7, 11) is 0. The summed E-state index contributed by atoms with van der Waals surface area (Å²) in [5.41, 5.74) is 2.06. The van der Waals surface area contributed by atoms with E-state index in [1.165, 1.54) is 0 Å². The maximum atomic E-state index is 5.91. The lowest BCUT2D eigenvalue weighted by Crippen LogP contribution is -1.82. The van der Waals surface area contributed by atoms with E-state index in [4.69, 9.17) is 11.6 Å². The van der Waals surface area contributed by atoms with Crippen LogP contribution in [0.4, 0.5) is 0 Å². The zero-order chi connectivity index (χ0) is 10.7. The van der Waals surface area contributed by atoms with E-state index in [0.717, 1.165) is 22.2 Å². The Bertz CT molecular complexity index is 508. The first kappa shape index (κ1) is 10.5. The highest BCUT2D eigenvalue weighted by atomic mass is 35.5. The Morgan fingerprint density at radius 3 is 3.00 bits per heavy atom. The summed E-state index contributed by atoms with van der Waals surface area (Å²) in [5.74, 6) is 0.734. The standard InChI is InChI=1S/C12H10ClNS/c13-10-3-4-11-9(2-1-7-15)5-6-14-12(11)8-10/h1-6,8,15H,7H2. The van der Waals surface area contributed by atoms with Crippen LogP contribution in [-0.2, 0) is 0 Å². The van der Waals surface area contributed by atoms with Crippen molar-refractivity contribution in [2.45, 2.75) is 0 Å². The summed E-state index contributed by atoms with van der Waals surface area (Å²) in [6, 6.07) is 7.72. The molecule has 1 aromatic heterocycles. The van der Waals surface area contributed by atoms with Gasteiger partial charge in [-0.25, -0.2) is 0 Å². The number of pyridine rings is 1. The van der Waals surface area contributed by atoms with Crippen molar-refractivity contribution < 1.29 is 0 Å². The van der Waals surface area contributed by atoms with Crippen LogP contribution >= 0.6 is 24.2 Å². The lowest BCUT2D eigenvalue weighted by Gasteiger charge is -2.01. The molecule has 1 aromatic carbocycles. The molecule has 0 saturated heterocycles. The topological polar surface area (TPSA) is 12.9 Å². The predicted molar refractivity (Wildman–Crippen MR) is 69.6 cm³/mol. The second-order valence-electron chi connectivity index (χ2n) is 3.15. The molecule has 0 radical (unpaired) electrons. The van der Waals surface area contributed by atoms with Gasteiger partial charge in [-0.15, -0.1) is 0 Å². The van der Waals surface area contributed by atoms with Gasteiger partial charge in [0.25, 0.3) is 0 Å². The van der Waals surface area contributed by atoms with Crippen LogP contribution in [0, 0.1) is 0 Å². The number of nitrogens with zero attached hydrogens (tertiary/aromatic N) is 1. The molecule has 0 saturated carbocycles. The molecule has 0 N–H and O–H groups in total. The van der Waals surface area contributed by atoms with E-state index in [1.54, 1.807) is 6.20 Å². The summed E-state index contributed by atoms with van der Waals surface area (Å²) in [6.07, 6.45) is 5.84. The minimum absolute atomic E-state index is 0.713. The average Bonchev–Trinajstić information content (AvgIpc) is 2.25. The van der Waals surface area contributed by atoms with Gasteiger partial charge in [0.15, 0.2) is 0 Å². The van der Waals surface area contributed by atoms with E-state index < -0.39 is 0 Å². The second-order valence-corrected chi connectivity index (χ2v) is 3.95. The van der Waals surface area contributed by atoms with Crippen molar-refractivity contribution in [3.05, 3.63) is 47.1 Å². The largest absolute Gasteiger partial charge is 0.256 e. The van der Waals surface area contributed by atoms with Crippen molar-refractivity contribution in [3.8, 4) is 0 Å². The Hall–Kier alpha value is -0.990. The number of hydrogen-bond acceptors (Lipinski definition) is 2. The third-order valence-electron chi connectivity index (χ3n) is 2.14. The Labute approximate surface area is 99.2 Å². The van der Waals surface area contributed by atoms with Gasteiger partial charge in [-0.3, -0.25) is 4.98 Å². The molecule has 0 spiro atoms. The van der Waals surface area contributed by atoms with Gasteiger partial charge in [0, 0.05) is 22.4 Å². The van der Waals surface area contributed by atoms with E-state index in [0.29, 0.717) is 5.02 Å². The molecule has 0 atom stereocenters. The molecule has 0 aliphatic heterocycles. The van der Waals surface area contributed by atoms with Crippen LogP contribution in [0.2, 0.25) is 5.02 Å². The maximum Gasteiger partial charge on any atom is 0.0722 e. The Kier molecular flexibility index (Phi) is 3.29. The third kappa shape index (κ3) is 2.33. The smallest absolute Gasteiger partial charge is 0.0722 e. The van der Waals surface area contributed by atoms with Gasteiger partial charge in [0.1, 0.15) is 0 Å². The quantitative estimate of drug-likeness (QED) is 0.781. The molecule has 1 nitrogen and oxygen atoms in total. The fraction of sp³-hybridized carbons (Fsp3) is 0.0833. The molecular weight excluding hydrogens is 226 g/mol. The number of benzene rings is 1. The van der Waals surface area contributed by atoms with Gasteiger partial charge in [-0.1, -0.05) is 29.8 Å². The molecular formula is C12H10ClNS. The molecule has 0 unspecified atom stereocenters. The third-order valence-corrected chi connectivity index (χ3v) is 2.59. The van der Waals surface area contributed by atoms with E-state index in [1.807, 2.05) is 36.4 Å². The molecule has 2 aromatic rings. The Morgan fingerprint density at radius 1 is 1.33 bits per heavy atom. The van der Waals surface area contributed by atoms with E-state index >= 15 is 0 Å². The fourth-order valence-corrected chi connectivity index (χ4v) is 1.74. The fourth-order valence-electron chi connectivity index (χ4n) is 1.47. The first-order valence-corrected chi connectivity index (χ1v) is 5.64. The molecule has 0 aliphatic carbocycles. The first-order chi connectivity index (χ1) is 7.31. The van der Waals surface area contributed by atoms with Crippen molar-refractivity contribution >= 4 is 41.2 Å². The molecule has 0 aliphatic rings. The SMILES string of the molecule is SCC=Cc1ccnc2cc(Cl)ccc12. The molecule has 3 heteroatoms. The molecule has 1 heterocycles. The Morgan fingerprint density at radius 2 is 2.20 bits per heavy atom.